The van der Waals surface area contributed by atoms with E-state index in [0.717, 1.165) is 23.2 Å². The van der Waals surface area contributed by atoms with Gasteiger partial charge in [-0.2, -0.15) is 0 Å². The Morgan fingerprint density at radius 1 is 1.32 bits per heavy atom. The molecule has 0 unspecified atom stereocenters. The zero-order valence-corrected chi connectivity index (χ0v) is 12.5. The Labute approximate surface area is 129 Å². The molecule has 0 bridgehead atoms. The second kappa shape index (κ2) is 5.97. The maximum Gasteiger partial charge on any atom is 0.246 e. The molecule has 0 radical (unpaired) electrons. The number of benzene rings is 1. The number of nitrogens with zero attached hydrogens (tertiary/aromatic N) is 3. The third kappa shape index (κ3) is 2.83. The highest BCUT2D eigenvalue weighted by atomic mass is 16.2. The lowest BCUT2D eigenvalue weighted by Crippen LogP contribution is -2.22. The summed E-state index contributed by atoms with van der Waals surface area (Å²) in [6.45, 7) is 6.86. The molecule has 0 atom stereocenters. The molecule has 5 nitrogen and oxygen atoms in total. The quantitative estimate of drug-likeness (QED) is 0.881. The van der Waals surface area contributed by atoms with Crippen molar-refractivity contribution in [1.82, 2.24) is 14.9 Å². The smallest absolute Gasteiger partial charge is 0.246 e. The zero-order chi connectivity index (χ0) is 15.5. The monoisotopic (exact) mass is 294 g/mol. The number of hydrogen-bond donors (Lipinski definition) is 1. The van der Waals surface area contributed by atoms with Gasteiger partial charge in [0.2, 0.25) is 11.9 Å². The molecule has 1 aromatic carbocycles. The minimum atomic E-state index is -0.0378. The van der Waals surface area contributed by atoms with Crippen molar-refractivity contribution in [2.45, 2.75) is 26.4 Å². The summed E-state index contributed by atoms with van der Waals surface area (Å²) < 4.78 is 0. The van der Waals surface area contributed by atoms with Gasteiger partial charge < -0.3 is 10.2 Å². The summed E-state index contributed by atoms with van der Waals surface area (Å²) in [6, 6.07) is 6.06. The van der Waals surface area contributed by atoms with Crippen LogP contribution in [0.25, 0.3) is 0 Å². The van der Waals surface area contributed by atoms with E-state index in [1.807, 2.05) is 30.6 Å². The van der Waals surface area contributed by atoms with Gasteiger partial charge in [-0.1, -0.05) is 19.6 Å². The molecule has 5 heteroatoms. The molecule has 0 fully saturated rings. The fraction of sp³-hybridized carbons (Fsp3) is 0.235. The van der Waals surface area contributed by atoms with Crippen molar-refractivity contribution in [3.05, 3.63) is 59.9 Å². The number of carbonyl (C=O) groups is 1. The Kier molecular flexibility index (Phi) is 3.87. The van der Waals surface area contributed by atoms with E-state index in [2.05, 4.69) is 28.8 Å². The standard InChI is InChI=1S/C17H18N4O/c1-3-12-8-18-17(19-9-12)20-15-6-5-13-10-21(16(22)4-2)11-14(13)7-15/h4-9H,2-3,10-11H2,1H3,(H,18,19,20). The molecule has 1 N–H and O–H groups in total. The van der Waals surface area contributed by atoms with Crippen molar-refractivity contribution < 1.29 is 4.79 Å². The largest absolute Gasteiger partial charge is 0.331 e. The van der Waals surface area contributed by atoms with Crippen LogP contribution in [0.2, 0.25) is 0 Å². The summed E-state index contributed by atoms with van der Waals surface area (Å²) in [5.41, 5.74) is 4.35. The van der Waals surface area contributed by atoms with Gasteiger partial charge in [0.1, 0.15) is 0 Å². The van der Waals surface area contributed by atoms with Gasteiger partial charge in [-0.15, -0.1) is 0 Å². The maximum absolute atomic E-state index is 11.7. The van der Waals surface area contributed by atoms with Crippen LogP contribution in [0, 0.1) is 0 Å². The van der Waals surface area contributed by atoms with E-state index in [4.69, 9.17) is 0 Å². The van der Waals surface area contributed by atoms with E-state index in [1.54, 1.807) is 4.90 Å². The molecule has 112 valence electrons. The lowest BCUT2D eigenvalue weighted by molar-refractivity contribution is -0.126. The van der Waals surface area contributed by atoms with E-state index >= 15 is 0 Å². The van der Waals surface area contributed by atoms with Gasteiger partial charge in [0.05, 0.1) is 0 Å². The molecule has 22 heavy (non-hydrogen) atoms. The first-order valence-corrected chi connectivity index (χ1v) is 7.30. The molecule has 1 aliphatic rings. The van der Waals surface area contributed by atoms with Crippen molar-refractivity contribution in [2.75, 3.05) is 5.32 Å². The Morgan fingerprint density at radius 3 is 2.73 bits per heavy atom. The highest BCUT2D eigenvalue weighted by Gasteiger charge is 2.21. The molecule has 0 saturated carbocycles. The van der Waals surface area contributed by atoms with Gasteiger partial charge in [-0.3, -0.25) is 4.79 Å². The van der Waals surface area contributed by atoms with Crippen molar-refractivity contribution in [3.8, 4) is 0 Å². The third-order valence-corrected chi connectivity index (χ3v) is 3.78. The van der Waals surface area contributed by atoms with Crippen molar-refractivity contribution in [3.63, 3.8) is 0 Å². The van der Waals surface area contributed by atoms with E-state index in [1.165, 1.54) is 11.6 Å². The molecule has 0 spiro atoms. The van der Waals surface area contributed by atoms with Crippen molar-refractivity contribution in [2.24, 2.45) is 0 Å². The second-order valence-electron chi connectivity index (χ2n) is 5.28. The number of aromatic nitrogens is 2. The first-order valence-electron chi connectivity index (χ1n) is 7.30. The summed E-state index contributed by atoms with van der Waals surface area (Å²) in [6.07, 6.45) is 5.93. The maximum atomic E-state index is 11.7. The Balaban J connectivity index is 1.75. The number of anilines is 2. The van der Waals surface area contributed by atoms with Crippen molar-refractivity contribution in [1.29, 1.82) is 0 Å². The highest BCUT2D eigenvalue weighted by Crippen LogP contribution is 2.26. The number of rotatable bonds is 4. The Morgan fingerprint density at radius 2 is 2.05 bits per heavy atom. The number of aryl methyl sites for hydroxylation is 1. The molecule has 0 aliphatic carbocycles. The fourth-order valence-corrected chi connectivity index (χ4v) is 2.49. The predicted octanol–water partition coefficient (Wildman–Crippen LogP) is 2.81. The van der Waals surface area contributed by atoms with Gasteiger partial charge in [0.15, 0.2) is 0 Å². The van der Waals surface area contributed by atoms with Crippen LogP contribution in [0.5, 0.6) is 0 Å². The molecule has 2 aromatic rings. The van der Waals surface area contributed by atoms with Gasteiger partial charge in [-0.25, -0.2) is 9.97 Å². The number of amides is 1. The van der Waals surface area contributed by atoms with Crippen LogP contribution in [0.15, 0.2) is 43.2 Å². The number of carbonyl (C=O) groups excluding carboxylic acids is 1. The summed E-state index contributed by atoms with van der Waals surface area (Å²) in [4.78, 5) is 22.1. The van der Waals surface area contributed by atoms with E-state index in [9.17, 15) is 4.79 Å². The molecular formula is C17H18N4O. The van der Waals surface area contributed by atoms with Crippen LogP contribution in [0.4, 0.5) is 11.6 Å². The first-order chi connectivity index (χ1) is 10.7. The van der Waals surface area contributed by atoms with Gasteiger partial charge in [0, 0.05) is 31.2 Å². The molecule has 1 aromatic heterocycles. The summed E-state index contributed by atoms with van der Waals surface area (Å²) in [7, 11) is 0. The molecular weight excluding hydrogens is 276 g/mol. The second-order valence-corrected chi connectivity index (χ2v) is 5.28. The number of fused-ring (bicyclic) bond motifs is 1. The molecule has 2 heterocycles. The Bertz CT molecular complexity index is 709. The number of hydrogen-bond acceptors (Lipinski definition) is 4. The summed E-state index contributed by atoms with van der Waals surface area (Å²) >= 11 is 0. The highest BCUT2D eigenvalue weighted by molar-refractivity contribution is 5.87. The fourth-order valence-electron chi connectivity index (χ4n) is 2.49. The third-order valence-electron chi connectivity index (χ3n) is 3.78. The van der Waals surface area contributed by atoms with Crippen LogP contribution in [0.1, 0.15) is 23.6 Å². The predicted molar refractivity (Wildman–Crippen MR) is 85.6 cm³/mol. The van der Waals surface area contributed by atoms with Gasteiger partial charge >= 0.3 is 0 Å². The van der Waals surface area contributed by atoms with Gasteiger partial charge in [-0.05, 0) is 41.3 Å². The average molecular weight is 294 g/mol. The SMILES string of the molecule is C=CC(=O)N1Cc2ccc(Nc3ncc(CC)cn3)cc2C1. The molecule has 1 aliphatic heterocycles. The van der Waals surface area contributed by atoms with E-state index < -0.39 is 0 Å². The molecule has 3 rings (SSSR count). The van der Waals surface area contributed by atoms with Crippen LogP contribution in [0.3, 0.4) is 0 Å². The van der Waals surface area contributed by atoms with Crippen LogP contribution in [-0.2, 0) is 24.3 Å². The van der Waals surface area contributed by atoms with Crippen LogP contribution in [-0.4, -0.2) is 20.8 Å². The molecule has 1 amide bonds. The lowest BCUT2D eigenvalue weighted by atomic mass is 10.1. The topological polar surface area (TPSA) is 58.1 Å². The van der Waals surface area contributed by atoms with E-state index in [0.29, 0.717) is 19.0 Å². The zero-order valence-electron chi connectivity index (χ0n) is 12.5. The van der Waals surface area contributed by atoms with E-state index in [-0.39, 0.29) is 5.91 Å². The minimum absolute atomic E-state index is 0.0378. The first kappa shape index (κ1) is 14.3. The summed E-state index contributed by atoms with van der Waals surface area (Å²) in [5, 5.41) is 3.20. The van der Waals surface area contributed by atoms with Crippen molar-refractivity contribution >= 4 is 17.5 Å². The van der Waals surface area contributed by atoms with Gasteiger partial charge in [0.25, 0.3) is 0 Å². The normalized spacial score (nSPS) is 12.9. The molecule has 0 saturated heterocycles. The summed E-state index contributed by atoms with van der Waals surface area (Å²) in [5.74, 6) is 0.540. The minimum Gasteiger partial charge on any atom is -0.331 e. The average Bonchev–Trinajstić information content (AvgIpc) is 2.98. The lowest BCUT2D eigenvalue weighted by Gasteiger charge is -2.11. The van der Waals surface area contributed by atoms with Crippen LogP contribution >= 0.6 is 0 Å². The van der Waals surface area contributed by atoms with Crippen LogP contribution < -0.4 is 5.32 Å². The Hall–Kier alpha value is -2.69. The number of nitrogens with one attached hydrogen (secondary N) is 1.